The van der Waals surface area contributed by atoms with Crippen LogP contribution in [0.1, 0.15) is 56.4 Å². The fourth-order valence-electron chi connectivity index (χ4n) is 4.46. The molecule has 1 aromatic heterocycles. The number of nitrogens with one attached hydrogen (secondary N) is 1. The number of imidazole rings is 1. The van der Waals surface area contributed by atoms with Crippen molar-refractivity contribution in [3.05, 3.63) is 97.1 Å². The number of aromatic nitrogens is 2. The lowest BCUT2D eigenvalue weighted by Gasteiger charge is -2.14. The first-order valence-corrected chi connectivity index (χ1v) is 14.0. The minimum Gasteiger partial charge on any atom is -0.457 e. The molecule has 0 saturated carbocycles. The van der Waals surface area contributed by atoms with Crippen molar-refractivity contribution in [2.24, 2.45) is 5.92 Å². The number of benzene rings is 3. The van der Waals surface area contributed by atoms with Crippen LogP contribution < -0.4 is 10.1 Å². The summed E-state index contributed by atoms with van der Waals surface area (Å²) in [4.78, 5) is 17.2. The summed E-state index contributed by atoms with van der Waals surface area (Å²) >= 11 is 0. The molecule has 0 saturated heterocycles. The summed E-state index contributed by atoms with van der Waals surface area (Å²) in [5.74, 6) is 2.07. The van der Waals surface area contributed by atoms with E-state index in [0.717, 1.165) is 47.8 Å². The van der Waals surface area contributed by atoms with Gasteiger partial charge >= 0.3 is 0 Å². The Labute approximate surface area is 232 Å². The van der Waals surface area contributed by atoms with E-state index in [9.17, 15) is 4.79 Å². The highest BCUT2D eigenvalue weighted by Gasteiger charge is 2.13. The highest BCUT2D eigenvalue weighted by Crippen LogP contribution is 2.27. The van der Waals surface area contributed by atoms with E-state index in [4.69, 9.17) is 9.47 Å². The van der Waals surface area contributed by atoms with E-state index in [1.807, 2.05) is 71.3 Å². The summed E-state index contributed by atoms with van der Waals surface area (Å²) in [6, 6.07) is 25.8. The summed E-state index contributed by atoms with van der Waals surface area (Å²) in [6.45, 7) is 6.46. The molecule has 204 valence electrons. The van der Waals surface area contributed by atoms with Gasteiger partial charge in [0.1, 0.15) is 17.2 Å². The standard InChI is InChI=1S/C33H39N3O3/c1-3-5-11-26(4-2)24-38-21-10-20-35-33(37)32-23-34-25-36(32)29-13-9-12-28(22-29)27-16-18-31(19-17-27)39-30-14-7-6-8-15-30/h6-9,12-19,22-23,25-26H,3-5,10-11,20-21,24H2,1-2H3,(H,35,37). The summed E-state index contributed by atoms with van der Waals surface area (Å²) in [7, 11) is 0. The lowest BCUT2D eigenvalue weighted by atomic mass is 10.0. The second kappa shape index (κ2) is 14.9. The van der Waals surface area contributed by atoms with Crippen molar-refractivity contribution in [1.29, 1.82) is 0 Å². The van der Waals surface area contributed by atoms with Crippen LogP contribution in [0.2, 0.25) is 0 Å². The minimum absolute atomic E-state index is 0.144. The molecule has 4 aromatic rings. The van der Waals surface area contributed by atoms with Gasteiger partial charge in [0.05, 0.1) is 12.5 Å². The van der Waals surface area contributed by atoms with E-state index in [0.29, 0.717) is 24.8 Å². The molecule has 3 aromatic carbocycles. The van der Waals surface area contributed by atoms with Gasteiger partial charge in [0, 0.05) is 25.4 Å². The maximum absolute atomic E-state index is 12.9. The van der Waals surface area contributed by atoms with Crippen molar-refractivity contribution in [2.45, 2.75) is 46.0 Å². The number of carbonyl (C=O) groups is 1. The molecule has 1 atom stereocenters. The van der Waals surface area contributed by atoms with Gasteiger partial charge in [0.15, 0.2) is 0 Å². The van der Waals surface area contributed by atoms with Crippen molar-refractivity contribution < 1.29 is 14.3 Å². The Morgan fingerprint density at radius 3 is 2.49 bits per heavy atom. The average Bonchev–Trinajstić information content (AvgIpc) is 3.48. The van der Waals surface area contributed by atoms with Gasteiger partial charge in [-0.3, -0.25) is 9.36 Å². The average molecular weight is 526 g/mol. The number of carbonyl (C=O) groups excluding carboxylic acids is 1. The lowest BCUT2D eigenvalue weighted by molar-refractivity contribution is 0.0872. The number of ether oxygens (including phenoxy) is 2. The van der Waals surface area contributed by atoms with Crippen LogP contribution in [0, 0.1) is 5.92 Å². The van der Waals surface area contributed by atoms with Crippen molar-refractivity contribution in [2.75, 3.05) is 19.8 Å². The Hall–Kier alpha value is -3.90. The second-order valence-corrected chi connectivity index (χ2v) is 9.74. The largest absolute Gasteiger partial charge is 0.457 e. The number of amides is 1. The molecule has 0 fully saturated rings. The third-order valence-corrected chi connectivity index (χ3v) is 6.81. The zero-order valence-electron chi connectivity index (χ0n) is 23.0. The van der Waals surface area contributed by atoms with Gasteiger partial charge in [0.25, 0.3) is 5.91 Å². The molecule has 0 aliphatic rings. The number of hydrogen-bond donors (Lipinski definition) is 1. The Kier molecular flexibility index (Phi) is 10.7. The van der Waals surface area contributed by atoms with Crippen molar-refractivity contribution >= 4 is 5.91 Å². The van der Waals surface area contributed by atoms with E-state index in [1.165, 1.54) is 19.3 Å². The van der Waals surface area contributed by atoms with Gasteiger partial charge in [-0.2, -0.15) is 0 Å². The molecule has 39 heavy (non-hydrogen) atoms. The molecular formula is C33H39N3O3. The molecular weight excluding hydrogens is 486 g/mol. The molecule has 0 aliphatic heterocycles. The van der Waals surface area contributed by atoms with E-state index < -0.39 is 0 Å². The highest BCUT2D eigenvalue weighted by atomic mass is 16.5. The predicted octanol–water partition coefficient (Wildman–Crippen LogP) is 7.68. The first-order chi connectivity index (χ1) is 19.2. The van der Waals surface area contributed by atoms with Crippen LogP contribution in [0.15, 0.2) is 91.4 Å². The maximum atomic E-state index is 12.9. The third kappa shape index (κ3) is 8.29. The van der Waals surface area contributed by atoms with E-state index in [1.54, 1.807) is 12.5 Å². The summed E-state index contributed by atoms with van der Waals surface area (Å²) in [5.41, 5.74) is 3.48. The third-order valence-electron chi connectivity index (χ3n) is 6.81. The second-order valence-electron chi connectivity index (χ2n) is 9.74. The molecule has 0 bridgehead atoms. The van der Waals surface area contributed by atoms with Gasteiger partial charge < -0.3 is 14.8 Å². The van der Waals surface area contributed by atoms with E-state index in [2.05, 4.69) is 36.3 Å². The van der Waals surface area contributed by atoms with Crippen LogP contribution in [0.25, 0.3) is 16.8 Å². The molecule has 0 radical (unpaired) electrons. The Balaban J connectivity index is 1.31. The van der Waals surface area contributed by atoms with Crippen LogP contribution >= 0.6 is 0 Å². The van der Waals surface area contributed by atoms with Gasteiger partial charge in [-0.25, -0.2) is 4.98 Å². The first kappa shape index (κ1) is 28.1. The molecule has 1 heterocycles. The minimum atomic E-state index is -0.144. The topological polar surface area (TPSA) is 65.4 Å². The molecule has 0 aliphatic carbocycles. The van der Waals surface area contributed by atoms with Crippen LogP contribution in [0.3, 0.4) is 0 Å². The van der Waals surface area contributed by atoms with Crippen LogP contribution in [-0.4, -0.2) is 35.2 Å². The van der Waals surface area contributed by atoms with Crippen molar-refractivity contribution in [3.63, 3.8) is 0 Å². The van der Waals surface area contributed by atoms with Crippen LogP contribution in [0.4, 0.5) is 0 Å². The van der Waals surface area contributed by atoms with Crippen LogP contribution in [-0.2, 0) is 4.74 Å². The van der Waals surface area contributed by atoms with Crippen molar-refractivity contribution in [1.82, 2.24) is 14.9 Å². The number of unbranched alkanes of at least 4 members (excludes halogenated alkanes) is 1. The van der Waals surface area contributed by atoms with Gasteiger partial charge in [0.2, 0.25) is 0 Å². The number of rotatable bonds is 15. The highest BCUT2D eigenvalue weighted by molar-refractivity contribution is 5.93. The summed E-state index contributed by atoms with van der Waals surface area (Å²) < 4.78 is 13.6. The molecule has 1 unspecified atom stereocenters. The first-order valence-electron chi connectivity index (χ1n) is 14.0. The van der Waals surface area contributed by atoms with Gasteiger partial charge in [-0.05, 0) is 66.3 Å². The lowest BCUT2D eigenvalue weighted by Crippen LogP contribution is -2.27. The van der Waals surface area contributed by atoms with E-state index in [-0.39, 0.29) is 5.91 Å². The molecule has 1 N–H and O–H groups in total. The normalized spacial score (nSPS) is 11.7. The molecule has 1 amide bonds. The zero-order chi connectivity index (χ0) is 27.3. The number of hydrogen-bond acceptors (Lipinski definition) is 4. The Morgan fingerprint density at radius 1 is 0.923 bits per heavy atom. The SMILES string of the molecule is CCCCC(CC)COCCCNC(=O)c1cncn1-c1cccc(-c2ccc(Oc3ccccc3)cc2)c1. The Morgan fingerprint density at radius 2 is 1.72 bits per heavy atom. The van der Waals surface area contributed by atoms with Crippen LogP contribution in [0.5, 0.6) is 11.5 Å². The molecule has 6 heteroatoms. The number of nitrogens with zero attached hydrogens (tertiary/aromatic N) is 2. The predicted molar refractivity (Wildman–Crippen MR) is 157 cm³/mol. The summed E-state index contributed by atoms with van der Waals surface area (Å²) in [5, 5.41) is 3.01. The van der Waals surface area contributed by atoms with Gasteiger partial charge in [-0.1, -0.05) is 75.6 Å². The molecule has 0 spiro atoms. The smallest absolute Gasteiger partial charge is 0.269 e. The fraction of sp³-hybridized carbons (Fsp3) is 0.333. The fourth-order valence-corrected chi connectivity index (χ4v) is 4.46. The van der Waals surface area contributed by atoms with Crippen molar-refractivity contribution in [3.8, 4) is 28.3 Å². The maximum Gasteiger partial charge on any atom is 0.269 e. The zero-order valence-corrected chi connectivity index (χ0v) is 23.0. The van der Waals surface area contributed by atoms with Gasteiger partial charge in [-0.15, -0.1) is 0 Å². The van der Waals surface area contributed by atoms with E-state index >= 15 is 0 Å². The molecule has 4 rings (SSSR count). The monoisotopic (exact) mass is 525 g/mol. The molecule has 6 nitrogen and oxygen atoms in total. The quantitative estimate of drug-likeness (QED) is 0.162. The number of para-hydroxylation sites is 1. The summed E-state index contributed by atoms with van der Waals surface area (Å²) in [6.07, 6.45) is 8.91. The Bertz CT molecular complexity index is 1290.